The Bertz CT molecular complexity index is 403. The molecule has 0 bridgehead atoms. The Labute approximate surface area is 109 Å². The summed E-state index contributed by atoms with van der Waals surface area (Å²) in [6, 6.07) is 7.90. The minimum atomic E-state index is -0.140. The first-order valence-corrected chi connectivity index (χ1v) is 6.11. The van der Waals surface area contributed by atoms with Gasteiger partial charge in [-0.15, -0.1) is 0 Å². The van der Waals surface area contributed by atoms with Crippen LogP contribution in [0.1, 0.15) is 25.8 Å². The normalized spacial score (nSPS) is 11.1. The number of carbonyl (C=O) groups is 1. The molecule has 0 aliphatic carbocycles. The molecule has 0 heterocycles. The van der Waals surface area contributed by atoms with Crippen LogP contribution in [-0.4, -0.2) is 26.1 Å². The van der Waals surface area contributed by atoms with E-state index in [0.29, 0.717) is 19.5 Å². The van der Waals surface area contributed by atoms with Crippen LogP contribution in [0.15, 0.2) is 24.3 Å². The van der Waals surface area contributed by atoms with Crippen molar-refractivity contribution in [1.82, 2.24) is 5.32 Å². The third kappa shape index (κ3) is 4.04. The average molecular weight is 250 g/mol. The van der Waals surface area contributed by atoms with Crippen molar-refractivity contribution in [2.45, 2.75) is 25.7 Å². The molecule has 4 heteroatoms. The minimum Gasteiger partial charge on any atom is -0.497 e. The zero-order valence-corrected chi connectivity index (χ0v) is 11.3. The highest BCUT2D eigenvalue weighted by Gasteiger charge is 2.21. The molecule has 1 aromatic carbocycles. The molecule has 100 valence electrons. The van der Waals surface area contributed by atoms with E-state index in [9.17, 15) is 4.79 Å². The summed E-state index contributed by atoms with van der Waals surface area (Å²) in [7, 11) is 1.65. The van der Waals surface area contributed by atoms with Gasteiger partial charge in [-0.25, -0.2) is 0 Å². The fraction of sp³-hybridized carbons (Fsp3) is 0.500. The molecular formula is C14H22N2O2. The molecule has 1 rings (SSSR count). The molecule has 0 saturated carbocycles. The van der Waals surface area contributed by atoms with E-state index in [1.165, 1.54) is 0 Å². The molecule has 3 N–H and O–H groups in total. The molecule has 0 spiro atoms. The lowest BCUT2D eigenvalue weighted by Gasteiger charge is -2.26. The van der Waals surface area contributed by atoms with Gasteiger partial charge in [0.1, 0.15) is 5.75 Å². The van der Waals surface area contributed by atoms with E-state index in [4.69, 9.17) is 10.5 Å². The zero-order chi connectivity index (χ0) is 13.6. The van der Waals surface area contributed by atoms with Gasteiger partial charge < -0.3 is 15.8 Å². The van der Waals surface area contributed by atoms with E-state index < -0.39 is 0 Å². The van der Waals surface area contributed by atoms with Crippen LogP contribution in [-0.2, 0) is 10.2 Å². The predicted molar refractivity (Wildman–Crippen MR) is 72.7 cm³/mol. The van der Waals surface area contributed by atoms with Gasteiger partial charge in [-0.3, -0.25) is 4.79 Å². The van der Waals surface area contributed by atoms with Crippen LogP contribution in [0.2, 0.25) is 0 Å². The van der Waals surface area contributed by atoms with Crippen molar-refractivity contribution in [1.29, 1.82) is 0 Å². The fourth-order valence-electron chi connectivity index (χ4n) is 1.69. The Hall–Kier alpha value is -1.55. The number of rotatable bonds is 6. The Morgan fingerprint density at radius 1 is 1.44 bits per heavy atom. The van der Waals surface area contributed by atoms with Gasteiger partial charge in [-0.05, 0) is 17.7 Å². The van der Waals surface area contributed by atoms with Crippen LogP contribution in [0.5, 0.6) is 5.75 Å². The van der Waals surface area contributed by atoms with Gasteiger partial charge in [-0.2, -0.15) is 0 Å². The molecule has 0 aliphatic heterocycles. The van der Waals surface area contributed by atoms with Crippen LogP contribution in [0.25, 0.3) is 0 Å². The minimum absolute atomic E-state index is 0.00605. The quantitative estimate of drug-likeness (QED) is 0.803. The van der Waals surface area contributed by atoms with Crippen LogP contribution in [0, 0.1) is 0 Å². The number of nitrogens with two attached hydrogens (primary N) is 1. The van der Waals surface area contributed by atoms with E-state index >= 15 is 0 Å². The smallest absolute Gasteiger partial charge is 0.221 e. The Balaban J connectivity index is 2.69. The number of ether oxygens (including phenoxy) is 1. The molecular weight excluding hydrogens is 228 g/mol. The second kappa shape index (κ2) is 6.40. The number of benzene rings is 1. The van der Waals surface area contributed by atoms with Crippen LogP contribution in [0.4, 0.5) is 0 Å². The van der Waals surface area contributed by atoms with Gasteiger partial charge in [0.25, 0.3) is 0 Å². The topological polar surface area (TPSA) is 64.3 Å². The van der Waals surface area contributed by atoms with Crippen molar-refractivity contribution >= 4 is 5.91 Å². The van der Waals surface area contributed by atoms with E-state index in [2.05, 4.69) is 19.2 Å². The number of hydrogen-bond acceptors (Lipinski definition) is 3. The predicted octanol–water partition coefficient (Wildman–Crippen LogP) is 1.44. The van der Waals surface area contributed by atoms with Crippen molar-refractivity contribution in [2.24, 2.45) is 5.73 Å². The molecule has 0 unspecified atom stereocenters. The Kier molecular flexibility index (Phi) is 5.16. The fourth-order valence-corrected chi connectivity index (χ4v) is 1.69. The van der Waals surface area contributed by atoms with Crippen LogP contribution >= 0.6 is 0 Å². The van der Waals surface area contributed by atoms with E-state index in [0.717, 1.165) is 11.3 Å². The maximum Gasteiger partial charge on any atom is 0.221 e. The lowest BCUT2D eigenvalue weighted by molar-refractivity contribution is -0.121. The first-order valence-electron chi connectivity index (χ1n) is 6.11. The number of carbonyl (C=O) groups excluding carboxylic acids is 1. The largest absolute Gasteiger partial charge is 0.497 e. The number of amides is 1. The van der Waals surface area contributed by atoms with Crippen LogP contribution < -0.4 is 15.8 Å². The summed E-state index contributed by atoms with van der Waals surface area (Å²) in [5.41, 5.74) is 6.33. The average Bonchev–Trinajstić information content (AvgIpc) is 2.37. The Morgan fingerprint density at radius 3 is 2.78 bits per heavy atom. The lowest BCUT2D eigenvalue weighted by atomic mass is 9.84. The van der Waals surface area contributed by atoms with Crippen molar-refractivity contribution in [2.75, 3.05) is 20.2 Å². The molecule has 0 atom stereocenters. The third-order valence-corrected chi connectivity index (χ3v) is 2.95. The SMILES string of the molecule is COc1cccc(C(C)(C)CNC(=O)CCN)c1. The van der Waals surface area contributed by atoms with E-state index in [1.807, 2.05) is 24.3 Å². The standard InChI is InChI=1S/C14H22N2O2/c1-14(2,10-16-13(17)7-8-15)11-5-4-6-12(9-11)18-3/h4-6,9H,7-8,10,15H2,1-3H3,(H,16,17). The van der Waals surface area contributed by atoms with Gasteiger partial charge in [-0.1, -0.05) is 26.0 Å². The first-order chi connectivity index (χ1) is 8.49. The Morgan fingerprint density at radius 2 is 2.17 bits per heavy atom. The molecule has 4 nitrogen and oxygen atoms in total. The number of hydrogen-bond donors (Lipinski definition) is 2. The van der Waals surface area contributed by atoms with Gasteiger partial charge in [0.2, 0.25) is 5.91 Å². The third-order valence-electron chi connectivity index (χ3n) is 2.95. The lowest BCUT2D eigenvalue weighted by Crippen LogP contribution is -2.37. The van der Waals surface area contributed by atoms with Gasteiger partial charge in [0, 0.05) is 24.9 Å². The molecule has 1 aromatic rings. The maximum absolute atomic E-state index is 11.4. The molecule has 0 radical (unpaired) electrons. The molecule has 18 heavy (non-hydrogen) atoms. The monoisotopic (exact) mass is 250 g/mol. The number of methoxy groups -OCH3 is 1. The highest BCUT2D eigenvalue weighted by atomic mass is 16.5. The highest BCUT2D eigenvalue weighted by molar-refractivity contribution is 5.76. The van der Waals surface area contributed by atoms with Crippen molar-refractivity contribution in [3.05, 3.63) is 29.8 Å². The maximum atomic E-state index is 11.4. The van der Waals surface area contributed by atoms with Crippen molar-refractivity contribution in [3.63, 3.8) is 0 Å². The number of nitrogens with one attached hydrogen (secondary N) is 1. The van der Waals surface area contributed by atoms with Gasteiger partial charge in [0.15, 0.2) is 0 Å². The second-order valence-corrected chi connectivity index (χ2v) is 4.93. The van der Waals surface area contributed by atoms with E-state index in [1.54, 1.807) is 7.11 Å². The zero-order valence-electron chi connectivity index (χ0n) is 11.3. The van der Waals surface area contributed by atoms with Crippen molar-refractivity contribution in [3.8, 4) is 5.75 Å². The van der Waals surface area contributed by atoms with Gasteiger partial charge >= 0.3 is 0 Å². The highest BCUT2D eigenvalue weighted by Crippen LogP contribution is 2.25. The summed E-state index contributed by atoms with van der Waals surface area (Å²) in [5, 5.41) is 2.90. The molecule has 0 aromatic heterocycles. The van der Waals surface area contributed by atoms with Gasteiger partial charge in [0.05, 0.1) is 7.11 Å². The van der Waals surface area contributed by atoms with Crippen molar-refractivity contribution < 1.29 is 9.53 Å². The molecule has 1 amide bonds. The first kappa shape index (κ1) is 14.5. The summed E-state index contributed by atoms with van der Waals surface area (Å²) in [6.07, 6.45) is 0.369. The van der Waals surface area contributed by atoms with Crippen LogP contribution in [0.3, 0.4) is 0 Å². The summed E-state index contributed by atoms with van der Waals surface area (Å²) in [4.78, 5) is 11.4. The summed E-state index contributed by atoms with van der Waals surface area (Å²) < 4.78 is 5.21. The molecule has 0 fully saturated rings. The second-order valence-electron chi connectivity index (χ2n) is 4.93. The summed E-state index contributed by atoms with van der Waals surface area (Å²) in [6.45, 7) is 5.14. The summed E-state index contributed by atoms with van der Waals surface area (Å²) >= 11 is 0. The summed E-state index contributed by atoms with van der Waals surface area (Å²) in [5.74, 6) is 0.822. The van der Waals surface area contributed by atoms with E-state index in [-0.39, 0.29) is 11.3 Å². The molecule has 0 saturated heterocycles. The molecule has 0 aliphatic rings.